The summed E-state index contributed by atoms with van der Waals surface area (Å²) in [5.41, 5.74) is 1.33. The molecule has 6 heteroatoms. The number of hydrogen-bond donors (Lipinski definition) is 2. The van der Waals surface area contributed by atoms with E-state index in [0.717, 1.165) is 6.42 Å². The van der Waals surface area contributed by atoms with Gasteiger partial charge in [0.05, 0.1) is 6.54 Å². The number of hydrogen-bond acceptors (Lipinski definition) is 6. The maximum Gasteiger partial charge on any atom is 0.315 e. The molecule has 0 aliphatic carbocycles. The molecule has 2 aromatic heterocycles. The molecule has 2 N–H and O–H groups in total. The molecule has 0 aliphatic rings. The molecule has 1 unspecified atom stereocenters. The van der Waals surface area contributed by atoms with Crippen molar-refractivity contribution in [2.24, 2.45) is 0 Å². The third kappa shape index (κ3) is 4.65. The Balaban J connectivity index is 1.82. The van der Waals surface area contributed by atoms with Gasteiger partial charge in [-0.3, -0.25) is 0 Å². The van der Waals surface area contributed by atoms with Crippen LogP contribution in [0.2, 0.25) is 0 Å². The van der Waals surface area contributed by atoms with Crippen molar-refractivity contribution in [1.29, 1.82) is 0 Å². The number of nitrogens with one attached hydrogen (secondary N) is 2. The summed E-state index contributed by atoms with van der Waals surface area (Å²) in [5, 5.41) is 18.7. The minimum atomic E-state index is 0.265. The quantitative estimate of drug-likeness (QED) is 0.816. The Bertz CT molecular complexity index is 481. The maximum atomic E-state index is 5.53. The first-order valence-electron chi connectivity index (χ1n) is 6.47. The van der Waals surface area contributed by atoms with Crippen LogP contribution in [0.5, 0.6) is 0 Å². The molecule has 0 spiro atoms. The summed E-state index contributed by atoms with van der Waals surface area (Å²) < 4.78 is 5.53. The van der Waals surface area contributed by atoms with Crippen LogP contribution in [-0.4, -0.2) is 22.3 Å². The van der Waals surface area contributed by atoms with Crippen LogP contribution in [0.25, 0.3) is 0 Å². The van der Waals surface area contributed by atoms with E-state index in [4.69, 9.17) is 4.42 Å². The van der Waals surface area contributed by atoms with Gasteiger partial charge in [-0.15, -0.1) is 5.10 Å². The highest BCUT2D eigenvalue weighted by molar-refractivity contribution is 7.07. The van der Waals surface area contributed by atoms with E-state index in [1.54, 1.807) is 11.3 Å². The third-order valence-corrected chi connectivity index (χ3v) is 3.35. The molecule has 0 aromatic carbocycles. The number of thiophene rings is 1. The largest absolute Gasteiger partial charge is 0.407 e. The van der Waals surface area contributed by atoms with Gasteiger partial charge in [0.15, 0.2) is 0 Å². The van der Waals surface area contributed by atoms with E-state index in [1.807, 2.05) is 0 Å². The summed E-state index contributed by atoms with van der Waals surface area (Å²) >= 11 is 1.71. The molecule has 0 amide bonds. The van der Waals surface area contributed by atoms with Crippen LogP contribution in [0.1, 0.15) is 32.2 Å². The van der Waals surface area contributed by atoms with E-state index >= 15 is 0 Å². The van der Waals surface area contributed by atoms with Crippen LogP contribution in [0.15, 0.2) is 21.2 Å². The van der Waals surface area contributed by atoms with E-state index in [-0.39, 0.29) is 6.04 Å². The van der Waals surface area contributed by atoms with E-state index in [1.165, 1.54) is 5.56 Å². The molecule has 104 valence electrons. The Hall–Kier alpha value is -1.40. The summed E-state index contributed by atoms with van der Waals surface area (Å²) in [6, 6.07) is 3.29. The average molecular weight is 280 g/mol. The van der Waals surface area contributed by atoms with Gasteiger partial charge in [0.25, 0.3) is 0 Å². The lowest BCUT2D eigenvalue weighted by molar-refractivity contribution is 0.456. The highest BCUT2D eigenvalue weighted by Crippen LogP contribution is 2.12. The first-order chi connectivity index (χ1) is 9.13. The number of anilines is 1. The van der Waals surface area contributed by atoms with Gasteiger partial charge in [-0.2, -0.15) is 11.3 Å². The lowest BCUT2D eigenvalue weighted by atomic mass is 10.1. The van der Waals surface area contributed by atoms with Gasteiger partial charge in [-0.1, -0.05) is 18.9 Å². The summed E-state index contributed by atoms with van der Waals surface area (Å²) in [6.45, 7) is 6.87. The zero-order valence-corrected chi connectivity index (χ0v) is 12.3. The Morgan fingerprint density at radius 3 is 2.84 bits per heavy atom. The molecule has 2 aromatic rings. The molecule has 0 fully saturated rings. The van der Waals surface area contributed by atoms with Gasteiger partial charge in [0, 0.05) is 12.1 Å². The Morgan fingerprint density at radius 1 is 1.32 bits per heavy atom. The molecule has 0 saturated heterocycles. The van der Waals surface area contributed by atoms with Crippen LogP contribution in [0, 0.1) is 0 Å². The van der Waals surface area contributed by atoms with Crippen molar-refractivity contribution < 1.29 is 4.42 Å². The van der Waals surface area contributed by atoms with Gasteiger partial charge in [-0.05, 0) is 35.7 Å². The Labute approximate surface area is 117 Å². The first kappa shape index (κ1) is 14.0. The second kappa shape index (κ2) is 6.68. The summed E-state index contributed by atoms with van der Waals surface area (Å²) in [7, 11) is 0. The van der Waals surface area contributed by atoms with Gasteiger partial charge in [0.1, 0.15) is 0 Å². The molecule has 2 heterocycles. The minimum Gasteiger partial charge on any atom is -0.407 e. The summed E-state index contributed by atoms with van der Waals surface area (Å²) in [4.78, 5) is 0. The fraction of sp³-hybridized carbons (Fsp3) is 0.538. The van der Waals surface area contributed by atoms with Crippen molar-refractivity contribution >= 4 is 17.4 Å². The predicted molar refractivity (Wildman–Crippen MR) is 77.4 cm³/mol. The minimum absolute atomic E-state index is 0.265. The molecule has 5 nitrogen and oxygen atoms in total. The van der Waals surface area contributed by atoms with Crippen molar-refractivity contribution in [1.82, 2.24) is 15.5 Å². The van der Waals surface area contributed by atoms with Crippen LogP contribution >= 0.6 is 11.3 Å². The normalized spacial score (nSPS) is 12.8. The molecule has 0 saturated carbocycles. The van der Waals surface area contributed by atoms with Crippen molar-refractivity contribution in [2.75, 3.05) is 5.32 Å². The van der Waals surface area contributed by atoms with Gasteiger partial charge < -0.3 is 15.1 Å². The molecular formula is C13H20N4OS. The fourth-order valence-corrected chi connectivity index (χ4v) is 2.38. The molecular weight excluding hydrogens is 260 g/mol. The number of nitrogens with zero attached hydrogens (tertiary/aromatic N) is 2. The Kier molecular flexibility index (Phi) is 4.93. The van der Waals surface area contributed by atoms with E-state index in [0.29, 0.717) is 24.5 Å². The molecule has 0 bridgehead atoms. The van der Waals surface area contributed by atoms with Crippen LogP contribution in [0.3, 0.4) is 0 Å². The first-order valence-corrected chi connectivity index (χ1v) is 7.41. The smallest absolute Gasteiger partial charge is 0.315 e. The van der Waals surface area contributed by atoms with Crippen molar-refractivity contribution in [2.45, 2.75) is 45.8 Å². The monoisotopic (exact) mass is 280 g/mol. The van der Waals surface area contributed by atoms with Crippen LogP contribution < -0.4 is 10.6 Å². The average Bonchev–Trinajstić information content (AvgIpc) is 2.98. The lowest BCUT2D eigenvalue weighted by Gasteiger charge is -2.10. The topological polar surface area (TPSA) is 63.0 Å². The standard InChI is InChI=1S/C13H20N4OS/c1-9(2)14-7-12-16-17-13(18-12)15-10(3)6-11-4-5-19-8-11/h4-5,8-10,14H,6-7H2,1-3H3,(H,15,17). The van der Waals surface area contributed by atoms with Crippen molar-refractivity contribution in [3.05, 3.63) is 28.3 Å². The van der Waals surface area contributed by atoms with Gasteiger partial charge >= 0.3 is 6.01 Å². The zero-order chi connectivity index (χ0) is 13.7. The highest BCUT2D eigenvalue weighted by Gasteiger charge is 2.10. The third-order valence-electron chi connectivity index (χ3n) is 2.62. The van der Waals surface area contributed by atoms with Crippen LogP contribution in [0.4, 0.5) is 6.01 Å². The fourth-order valence-electron chi connectivity index (χ4n) is 1.70. The molecule has 2 rings (SSSR count). The molecule has 0 aliphatic heterocycles. The summed E-state index contributed by atoms with van der Waals surface area (Å²) in [6.07, 6.45) is 0.950. The molecule has 19 heavy (non-hydrogen) atoms. The van der Waals surface area contributed by atoms with E-state index < -0.39 is 0 Å². The molecule has 1 atom stereocenters. The van der Waals surface area contributed by atoms with Gasteiger partial charge in [-0.25, -0.2) is 0 Å². The second-order valence-corrected chi connectivity index (χ2v) is 5.70. The predicted octanol–water partition coefficient (Wildman–Crippen LogP) is 2.67. The molecule has 0 radical (unpaired) electrons. The second-order valence-electron chi connectivity index (χ2n) is 4.92. The van der Waals surface area contributed by atoms with E-state index in [9.17, 15) is 0 Å². The van der Waals surface area contributed by atoms with Crippen molar-refractivity contribution in [3.8, 4) is 0 Å². The van der Waals surface area contributed by atoms with Gasteiger partial charge in [0.2, 0.25) is 5.89 Å². The number of rotatable bonds is 7. The van der Waals surface area contributed by atoms with E-state index in [2.05, 4.69) is 58.4 Å². The zero-order valence-electron chi connectivity index (χ0n) is 11.5. The lowest BCUT2D eigenvalue weighted by Crippen LogP contribution is -2.21. The maximum absolute atomic E-state index is 5.53. The number of aromatic nitrogens is 2. The highest BCUT2D eigenvalue weighted by atomic mass is 32.1. The van der Waals surface area contributed by atoms with Crippen LogP contribution in [-0.2, 0) is 13.0 Å². The van der Waals surface area contributed by atoms with Crippen molar-refractivity contribution in [3.63, 3.8) is 0 Å². The Morgan fingerprint density at radius 2 is 2.16 bits per heavy atom. The summed E-state index contributed by atoms with van der Waals surface area (Å²) in [5.74, 6) is 0.610. The SMILES string of the molecule is CC(C)NCc1nnc(NC(C)Cc2ccsc2)o1.